The molecule has 2 aromatic rings. The third-order valence-corrected chi connectivity index (χ3v) is 6.58. The number of hydrogen-bond donors (Lipinski definition) is 2. The molecule has 8 heteroatoms. The van der Waals surface area contributed by atoms with Crippen LogP contribution in [-0.4, -0.2) is 73.7 Å². The van der Waals surface area contributed by atoms with Gasteiger partial charge in [0.05, 0.1) is 17.6 Å². The fraction of sp³-hybridized carbons (Fsp3) is 0.667. The lowest BCUT2D eigenvalue weighted by Crippen LogP contribution is -2.63. The van der Waals surface area contributed by atoms with E-state index in [4.69, 9.17) is 0 Å². The number of hydrogen-bond acceptors (Lipinski definition) is 5. The summed E-state index contributed by atoms with van der Waals surface area (Å²) in [6.07, 6.45) is 7.00. The van der Waals surface area contributed by atoms with Crippen LogP contribution in [0.4, 0.5) is 0 Å². The van der Waals surface area contributed by atoms with Crippen LogP contribution in [0, 0.1) is 0 Å². The van der Waals surface area contributed by atoms with Crippen molar-refractivity contribution in [3.63, 3.8) is 0 Å². The van der Waals surface area contributed by atoms with Crippen LogP contribution in [0.2, 0.25) is 0 Å². The minimum Gasteiger partial charge on any atom is -0.356 e. The lowest BCUT2D eigenvalue weighted by atomic mass is 9.82. The Labute approximate surface area is 172 Å². The van der Waals surface area contributed by atoms with E-state index in [1.54, 1.807) is 0 Å². The number of nitrogens with one attached hydrogen (secondary N) is 2. The fourth-order valence-electron chi connectivity index (χ4n) is 4.90. The largest absolute Gasteiger partial charge is 0.356 e. The van der Waals surface area contributed by atoms with E-state index in [-0.39, 0.29) is 17.5 Å². The number of H-pyrrole nitrogens is 1. The first kappa shape index (κ1) is 20.1. The molecule has 158 valence electrons. The van der Waals surface area contributed by atoms with Crippen LogP contribution >= 0.6 is 0 Å². The van der Waals surface area contributed by atoms with Crippen molar-refractivity contribution < 1.29 is 4.79 Å². The lowest BCUT2D eigenvalue weighted by Gasteiger charge is -2.47. The summed E-state index contributed by atoms with van der Waals surface area (Å²) in [5, 5.41) is 10.8. The van der Waals surface area contributed by atoms with Crippen LogP contribution in [-0.2, 0) is 13.6 Å². The molecule has 4 rings (SSSR count). The van der Waals surface area contributed by atoms with Gasteiger partial charge in [-0.25, -0.2) is 4.98 Å². The highest BCUT2D eigenvalue weighted by molar-refractivity contribution is 5.94. The van der Waals surface area contributed by atoms with Gasteiger partial charge in [0, 0.05) is 44.5 Å². The van der Waals surface area contributed by atoms with Crippen LogP contribution in [0.3, 0.4) is 0 Å². The Bertz CT molecular complexity index is 857. The number of carbonyl (C=O) groups excluding carboxylic acids is 1. The number of likely N-dealkylation sites (tertiary alicyclic amines) is 2. The van der Waals surface area contributed by atoms with Crippen molar-refractivity contribution >= 4 is 5.91 Å². The quantitative estimate of drug-likeness (QED) is 0.800. The molecule has 2 N–H and O–H groups in total. The smallest absolute Gasteiger partial charge is 0.253 e. The number of nitrogens with zero attached hydrogens (tertiary/aromatic N) is 5. The van der Waals surface area contributed by atoms with Crippen LogP contribution in [0.15, 0.2) is 18.5 Å². The molecule has 1 amide bonds. The van der Waals surface area contributed by atoms with Crippen molar-refractivity contribution in [1.29, 1.82) is 0 Å². The summed E-state index contributed by atoms with van der Waals surface area (Å²) in [6.45, 7) is 7.97. The molecule has 0 aliphatic carbocycles. The molecular formula is C21H33N7O. The number of likely N-dealkylation sites (N-methyl/N-ethyl adjacent to an activating group) is 1. The molecule has 2 aliphatic rings. The Balaban J connectivity index is 1.47. The average Bonchev–Trinajstić information content (AvgIpc) is 3.39. The second-order valence-electron chi connectivity index (χ2n) is 9.01. The van der Waals surface area contributed by atoms with Crippen LogP contribution in [0.25, 0.3) is 0 Å². The molecule has 2 aliphatic heterocycles. The molecule has 0 radical (unpaired) electrons. The molecule has 0 bridgehead atoms. The molecule has 0 saturated carbocycles. The number of rotatable bonds is 5. The normalized spacial score (nSPS) is 25.9. The van der Waals surface area contributed by atoms with Gasteiger partial charge in [-0.1, -0.05) is 13.8 Å². The summed E-state index contributed by atoms with van der Waals surface area (Å²) in [5.41, 5.74) is 0.705. The van der Waals surface area contributed by atoms with Crippen molar-refractivity contribution in [2.75, 3.05) is 26.7 Å². The fourth-order valence-corrected chi connectivity index (χ4v) is 4.90. The molecule has 4 heterocycles. The van der Waals surface area contributed by atoms with E-state index < -0.39 is 0 Å². The first-order valence-electron chi connectivity index (χ1n) is 10.6. The predicted molar refractivity (Wildman–Crippen MR) is 112 cm³/mol. The maximum absolute atomic E-state index is 12.8. The molecule has 2 unspecified atom stereocenters. The lowest BCUT2D eigenvalue weighted by molar-refractivity contribution is 0.0343. The number of aromatic nitrogens is 4. The molecule has 1 spiro atoms. The van der Waals surface area contributed by atoms with Gasteiger partial charge < -0.3 is 9.88 Å². The Hall–Kier alpha value is -2.19. The Morgan fingerprint density at radius 2 is 2.21 bits per heavy atom. The summed E-state index contributed by atoms with van der Waals surface area (Å²) < 4.78 is 1.91. The number of carbonyl (C=O) groups is 1. The summed E-state index contributed by atoms with van der Waals surface area (Å²) in [7, 11) is 4.14. The maximum atomic E-state index is 12.8. The Morgan fingerprint density at radius 1 is 1.38 bits per heavy atom. The van der Waals surface area contributed by atoms with Crippen LogP contribution in [0.5, 0.6) is 0 Å². The summed E-state index contributed by atoms with van der Waals surface area (Å²) in [5.74, 6) is 2.15. The van der Waals surface area contributed by atoms with Crippen molar-refractivity contribution in [3.8, 4) is 0 Å². The number of piperidine rings is 1. The molecule has 2 saturated heterocycles. The Morgan fingerprint density at radius 3 is 2.90 bits per heavy atom. The summed E-state index contributed by atoms with van der Waals surface area (Å²) in [6, 6.07) is 2.04. The van der Waals surface area contributed by atoms with E-state index in [9.17, 15) is 4.79 Å². The molecular weight excluding hydrogens is 366 g/mol. The van der Waals surface area contributed by atoms with Gasteiger partial charge in [-0.2, -0.15) is 5.10 Å². The highest BCUT2D eigenvalue weighted by Crippen LogP contribution is 2.37. The standard InChI is InChI=1S/C21H33N7O/c1-15(2)19-23-18(24-25-19)13-28-9-5-8-21(14-28)17(7-11-27(21)4)22-20(29)16-6-10-26(3)12-16/h6,10,12,15,17H,5,7-9,11,13-14H2,1-4H3,(H,22,29)(H,23,24,25). The van der Waals surface area contributed by atoms with Crippen molar-refractivity contribution in [3.05, 3.63) is 35.7 Å². The molecule has 2 fully saturated rings. The van der Waals surface area contributed by atoms with Crippen LogP contribution in [0.1, 0.15) is 61.0 Å². The zero-order chi connectivity index (χ0) is 20.6. The zero-order valence-corrected chi connectivity index (χ0v) is 18.0. The van der Waals surface area contributed by atoms with Crippen LogP contribution < -0.4 is 5.32 Å². The van der Waals surface area contributed by atoms with E-state index in [0.717, 1.165) is 62.7 Å². The predicted octanol–water partition coefficient (Wildman–Crippen LogP) is 1.74. The molecule has 2 aromatic heterocycles. The van der Waals surface area contributed by atoms with Gasteiger partial charge in [0.15, 0.2) is 5.82 Å². The monoisotopic (exact) mass is 399 g/mol. The van der Waals surface area contributed by atoms with Gasteiger partial charge in [0.25, 0.3) is 5.91 Å². The van der Waals surface area contributed by atoms with Gasteiger partial charge in [-0.3, -0.25) is 19.7 Å². The maximum Gasteiger partial charge on any atom is 0.253 e. The SMILES string of the molecule is CC(C)c1n[nH]c(CN2CCCC3(C2)C(NC(=O)c2ccn(C)c2)CCN3C)n1. The molecule has 29 heavy (non-hydrogen) atoms. The van der Waals surface area contributed by atoms with Gasteiger partial charge in [0.1, 0.15) is 5.82 Å². The Kier molecular flexibility index (Phi) is 5.48. The average molecular weight is 400 g/mol. The highest BCUT2D eigenvalue weighted by atomic mass is 16.1. The number of amides is 1. The summed E-state index contributed by atoms with van der Waals surface area (Å²) >= 11 is 0. The number of aryl methyl sites for hydroxylation is 1. The third-order valence-electron chi connectivity index (χ3n) is 6.58. The van der Waals surface area contributed by atoms with Gasteiger partial charge >= 0.3 is 0 Å². The minimum absolute atomic E-state index is 0.0242. The highest BCUT2D eigenvalue weighted by Gasteiger charge is 2.49. The summed E-state index contributed by atoms with van der Waals surface area (Å²) in [4.78, 5) is 22.4. The van der Waals surface area contributed by atoms with Gasteiger partial charge in [0.2, 0.25) is 0 Å². The number of aromatic amines is 1. The van der Waals surface area contributed by atoms with Crippen molar-refractivity contribution in [2.45, 2.75) is 57.2 Å². The topological polar surface area (TPSA) is 82.1 Å². The van der Waals surface area contributed by atoms with Crippen molar-refractivity contribution in [1.82, 2.24) is 34.9 Å². The second-order valence-corrected chi connectivity index (χ2v) is 9.01. The molecule has 2 atom stereocenters. The first-order valence-corrected chi connectivity index (χ1v) is 10.6. The second kappa shape index (κ2) is 7.91. The molecule has 0 aromatic carbocycles. The van der Waals surface area contributed by atoms with E-state index in [1.807, 2.05) is 30.1 Å². The third kappa shape index (κ3) is 3.96. The molecule has 8 nitrogen and oxygen atoms in total. The zero-order valence-electron chi connectivity index (χ0n) is 18.0. The van der Waals surface area contributed by atoms with E-state index in [1.165, 1.54) is 0 Å². The van der Waals surface area contributed by atoms with Gasteiger partial charge in [-0.05, 0) is 38.9 Å². The first-order chi connectivity index (χ1) is 13.9. The van der Waals surface area contributed by atoms with E-state index in [2.05, 4.69) is 51.2 Å². The van der Waals surface area contributed by atoms with Gasteiger partial charge in [-0.15, -0.1) is 0 Å². The van der Waals surface area contributed by atoms with E-state index >= 15 is 0 Å². The van der Waals surface area contributed by atoms with E-state index in [0.29, 0.717) is 5.92 Å². The van der Waals surface area contributed by atoms with Crippen molar-refractivity contribution in [2.24, 2.45) is 7.05 Å². The minimum atomic E-state index is -0.0242.